The minimum absolute atomic E-state index is 1.08. The fourth-order valence-corrected chi connectivity index (χ4v) is 10.4. The van der Waals surface area contributed by atoms with Crippen LogP contribution in [0.4, 0.5) is 17.1 Å². The van der Waals surface area contributed by atoms with Gasteiger partial charge >= 0.3 is 0 Å². The van der Waals surface area contributed by atoms with Crippen molar-refractivity contribution in [1.29, 1.82) is 0 Å². The van der Waals surface area contributed by atoms with Crippen LogP contribution in [-0.2, 0) is 0 Å². The van der Waals surface area contributed by atoms with Crippen molar-refractivity contribution in [2.75, 3.05) is 4.90 Å². The van der Waals surface area contributed by atoms with Crippen LogP contribution in [0.25, 0.3) is 99.5 Å². The fraction of sp³-hybridized carbons (Fsp3) is 0. The molecule has 0 aliphatic heterocycles. The van der Waals surface area contributed by atoms with E-state index in [0.29, 0.717) is 0 Å². The fourth-order valence-electron chi connectivity index (χ4n) is 10.4. The molecule has 0 saturated carbocycles. The van der Waals surface area contributed by atoms with Crippen molar-refractivity contribution in [3.05, 3.63) is 273 Å². The van der Waals surface area contributed by atoms with Crippen LogP contribution in [0.3, 0.4) is 0 Å². The van der Waals surface area contributed by atoms with Gasteiger partial charge < -0.3 is 14.0 Å². The molecule has 3 heteroatoms. The van der Waals surface area contributed by atoms with Gasteiger partial charge in [0.1, 0.15) is 0 Å². The summed E-state index contributed by atoms with van der Waals surface area (Å²) < 4.78 is 4.77. The van der Waals surface area contributed by atoms with E-state index >= 15 is 0 Å². The zero-order valence-electron chi connectivity index (χ0n) is 37.8. The highest BCUT2D eigenvalue weighted by molar-refractivity contribution is 6.10. The van der Waals surface area contributed by atoms with Crippen LogP contribution >= 0.6 is 0 Å². The molecule has 0 radical (unpaired) electrons. The van der Waals surface area contributed by atoms with Gasteiger partial charge in [-0.1, -0.05) is 182 Å². The smallest absolute Gasteiger partial charge is 0.0541 e. The van der Waals surface area contributed by atoms with Crippen molar-refractivity contribution in [3.63, 3.8) is 0 Å². The topological polar surface area (TPSA) is 13.1 Å². The Hall–Kier alpha value is -9.18. The summed E-state index contributed by atoms with van der Waals surface area (Å²) in [6, 6.07) is 99.0. The van der Waals surface area contributed by atoms with Gasteiger partial charge in [0.15, 0.2) is 0 Å². The molecule has 0 N–H and O–H groups in total. The zero-order valence-corrected chi connectivity index (χ0v) is 37.8. The van der Waals surface area contributed by atoms with E-state index in [9.17, 15) is 0 Å². The first-order valence-corrected chi connectivity index (χ1v) is 23.7. The van der Waals surface area contributed by atoms with Gasteiger partial charge in [-0.15, -0.1) is 0 Å². The van der Waals surface area contributed by atoms with Crippen molar-refractivity contribution in [2.24, 2.45) is 0 Å². The number of hydrogen-bond donors (Lipinski definition) is 0. The van der Waals surface area contributed by atoms with Gasteiger partial charge in [-0.05, 0) is 136 Å². The van der Waals surface area contributed by atoms with Crippen LogP contribution in [0.15, 0.2) is 273 Å². The van der Waals surface area contributed by atoms with Gasteiger partial charge in [-0.2, -0.15) is 0 Å². The molecular weight excluding hydrogens is 835 g/mol. The van der Waals surface area contributed by atoms with E-state index in [-0.39, 0.29) is 0 Å². The maximum absolute atomic E-state index is 2.39. The van der Waals surface area contributed by atoms with E-state index in [1.54, 1.807) is 0 Å². The summed E-state index contributed by atoms with van der Waals surface area (Å²) in [5, 5.41) is 5.05. The Morgan fingerprint density at radius 1 is 0.203 bits per heavy atom. The minimum atomic E-state index is 1.08. The Kier molecular flexibility index (Phi) is 9.84. The molecule has 0 aliphatic carbocycles. The molecule has 0 bridgehead atoms. The molecule has 0 unspecified atom stereocenters. The quantitative estimate of drug-likeness (QED) is 0.141. The summed E-state index contributed by atoms with van der Waals surface area (Å²) in [4.78, 5) is 2.36. The molecule has 0 fully saturated rings. The van der Waals surface area contributed by atoms with Gasteiger partial charge in [-0.3, -0.25) is 0 Å². The number of anilines is 3. The van der Waals surface area contributed by atoms with E-state index in [1.165, 1.54) is 77.0 Å². The second kappa shape index (κ2) is 16.9. The Bertz CT molecular complexity index is 3680. The van der Waals surface area contributed by atoms with Crippen LogP contribution in [0.1, 0.15) is 0 Å². The molecular formula is C66H45N3. The lowest BCUT2D eigenvalue weighted by Crippen LogP contribution is -2.09. The highest BCUT2D eigenvalue weighted by atomic mass is 15.1. The molecule has 3 nitrogen and oxygen atoms in total. The number of benzene rings is 11. The molecule has 2 heterocycles. The van der Waals surface area contributed by atoms with Gasteiger partial charge in [0.2, 0.25) is 0 Å². The third kappa shape index (κ3) is 7.16. The van der Waals surface area contributed by atoms with Gasteiger partial charge in [-0.25, -0.2) is 0 Å². The molecule has 11 aromatic carbocycles. The lowest BCUT2D eigenvalue weighted by molar-refractivity contribution is 1.18. The monoisotopic (exact) mass is 879 g/mol. The molecule has 0 aliphatic rings. The highest BCUT2D eigenvalue weighted by Gasteiger charge is 2.17. The van der Waals surface area contributed by atoms with Crippen molar-refractivity contribution in [3.8, 4) is 55.9 Å². The summed E-state index contributed by atoms with van der Waals surface area (Å²) in [6.07, 6.45) is 0. The van der Waals surface area contributed by atoms with Crippen molar-refractivity contribution >= 4 is 60.7 Å². The molecule has 0 spiro atoms. The first kappa shape index (κ1) is 40.1. The van der Waals surface area contributed by atoms with Crippen molar-refractivity contribution in [1.82, 2.24) is 9.13 Å². The molecule has 0 saturated heterocycles. The molecule has 324 valence electrons. The third-order valence-electron chi connectivity index (χ3n) is 13.7. The lowest BCUT2D eigenvalue weighted by atomic mass is 9.98. The Labute approximate surface area is 401 Å². The molecule has 2 aromatic heterocycles. The number of aromatic nitrogens is 2. The Morgan fingerprint density at radius 3 is 0.841 bits per heavy atom. The van der Waals surface area contributed by atoms with Gasteiger partial charge in [0.25, 0.3) is 0 Å². The van der Waals surface area contributed by atoms with Gasteiger partial charge in [0, 0.05) is 50.0 Å². The summed E-state index contributed by atoms with van der Waals surface area (Å²) in [5.74, 6) is 0. The third-order valence-corrected chi connectivity index (χ3v) is 13.7. The molecule has 69 heavy (non-hydrogen) atoms. The summed E-state index contributed by atoms with van der Waals surface area (Å²) in [5.41, 5.74) is 19.8. The second-order valence-corrected chi connectivity index (χ2v) is 17.8. The maximum Gasteiger partial charge on any atom is 0.0541 e. The molecule has 13 aromatic rings. The van der Waals surface area contributed by atoms with Crippen LogP contribution in [0.2, 0.25) is 0 Å². The minimum Gasteiger partial charge on any atom is -0.311 e. The van der Waals surface area contributed by atoms with E-state index in [4.69, 9.17) is 0 Å². The standard InChI is InChI=1S/C66H45N3/c1-2-15-46(16-3-1)50-17-12-18-51(43-50)47-31-37-54(38-32-47)67(55-39-33-48(34-40-55)52-19-13-21-57(44-52)68-63-27-8-4-23-59(63)60-24-5-9-28-64(60)68)56-41-35-49(36-42-56)53-20-14-22-58(45-53)69-65-29-10-6-25-61(65)62-26-7-11-30-66(62)69/h1-45H. The number of fused-ring (bicyclic) bond motifs is 6. The molecule has 0 atom stereocenters. The number of rotatable bonds is 9. The number of para-hydroxylation sites is 4. The van der Waals surface area contributed by atoms with E-state index in [1.807, 2.05) is 0 Å². The van der Waals surface area contributed by atoms with Crippen molar-refractivity contribution in [2.45, 2.75) is 0 Å². The molecule has 0 amide bonds. The maximum atomic E-state index is 2.39. The first-order chi connectivity index (χ1) is 34.2. The number of nitrogens with zero attached hydrogens (tertiary/aromatic N) is 3. The highest BCUT2D eigenvalue weighted by Crippen LogP contribution is 2.40. The predicted octanol–water partition coefficient (Wildman–Crippen LogP) is 18.0. The van der Waals surface area contributed by atoms with Crippen LogP contribution in [0, 0.1) is 0 Å². The van der Waals surface area contributed by atoms with E-state index < -0.39 is 0 Å². The average molecular weight is 880 g/mol. The van der Waals surface area contributed by atoms with Gasteiger partial charge in [0.05, 0.1) is 22.1 Å². The summed E-state index contributed by atoms with van der Waals surface area (Å²) in [6.45, 7) is 0. The summed E-state index contributed by atoms with van der Waals surface area (Å²) in [7, 11) is 0. The first-order valence-electron chi connectivity index (χ1n) is 23.7. The van der Waals surface area contributed by atoms with Crippen LogP contribution in [0.5, 0.6) is 0 Å². The Balaban J connectivity index is 0.865. The number of hydrogen-bond acceptors (Lipinski definition) is 1. The second-order valence-electron chi connectivity index (χ2n) is 17.8. The summed E-state index contributed by atoms with van der Waals surface area (Å²) >= 11 is 0. The lowest BCUT2D eigenvalue weighted by Gasteiger charge is -2.26. The van der Waals surface area contributed by atoms with Crippen molar-refractivity contribution < 1.29 is 0 Å². The normalized spacial score (nSPS) is 11.5. The van der Waals surface area contributed by atoms with E-state index in [0.717, 1.165) is 39.6 Å². The Morgan fingerprint density at radius 2 is 0.478 bits per heavy atom. The van der Waals surface area contributed by atoms with E-state index in [2.05, 4.69) is 287 Å². The zero-order chi connectivity index (χ0) is 45.7. The molecule has 13 rings (SSSR count). The largest absolute Gasteiger partial charge is 0.311 e. The van der Waals surface area contributed by atoms with Crippen LogP contribution < -0.4 is 4.90 Å². The SMILES string of the molecule is c1ccc(-c2cccc(-c3ccc(N(c4ccc(-c5cccc(-n6c7ccccc7c7ccccc76)c5)cc4)c4ccc(-c5cccc(-n6c7ccccc7c7ccccc76)c5)cc4)cc3)c2)cc1. The average Bonchev–Trinajstić information content (AvgIpc) is 3.95. The predicted molar refractivity (Wildman–Crippen MR) is 292 cm³/mol. The van der Waals surface area contributed by atoms with Crippen LogP contribution in [-0.4, -0.2) is 9.13 Å².